The molecule has 0 saturated carbocycles. The van der Waals surface area contributed by atoms with Crippen molar-refractivity contribution in [2.75, 3.05) is 7.05 Å². The molecule has 6 heteroatoms. The minimum atomic E-state index is -0.142. The molecule has 1 heterocycles. The van der Waals surface area contributed by atoms with Crippen molar-refractivity contribution in [2.24, 2.45) is 0 Å². The average Bonchev–Trinajstić information content (AvgIpc) is 3.10. The summed E-state index contributed by atoms with van der Waals surface area (Å²) in [4.78, 5) is 18.1. The summed E-state index contributed by atoms with van der Waals surface area (Å²) in [6.07, 6.45) is 3.31. The summed E-state index contributed by atoms with van der Waals surface area (Å²) in [5, 5.41) is 4.59. The van der Waals surface area contributed by atoms with Gasteiger partial charge in [0.15, 0.2) is 0 Å². The largest absolute Gasteiger partial charge is 0.337 e. The standard InChI is InChI=1S/C20H18ClN3O2/c1-14-3-5-15(6-4-14)7-12-19(25)24(2)13-18-22-20(23-26-18)16-8-10-17(21)11-9-16/h3-12H,13H2,1-2H3/b12-7+. The third-order valence-corrected chi connectivity index (χ3v) is 4.07. The van der Waals surface area contributed by atoms with Crippen LogP contribution in [0.2, 0.25) is 5.02 Å². The van der Waals surface area contributed by atoms with Gasteiger partial charge in [0, 0.05) is 23.7 Å². The van der Waals surface area contributed by atoms with Crippen LogP contribution in [0, 0.1) is 6.92 Å². The minimum absolute atomic E-state index is 0.142. The number of aromatic nitrogens is 2. The quantitative estimate of drug-likeness (QED) is 0.628. The van der Waals surface area contributed by atoms with Crippen molar-refractivity contribution in [3.63, 3.8) is 0 Å². The average molecular weight is 368 g/mol. The van der Waals surface area contributed by atoms with E-state index in [4.69, 9.17) is 16.1 Å². The molecule has 0 bridgehead atoms. The number of hydrogen-bond donors (Lipinski definition) is 0. The topological polar surface area (TPSA) is 59.2 Å². The first-order chi connectivity index (χ1) is 12.5. The lowest BCUT2D eigenvalue weighted by atomic mass is 10.1. The molecule has 1 aromatic heterocycles. The zero-order valence-corrected chi connectivity index (χ0v) is 15.3. The predicted molar refractivity (Wildman–Crippen MR) is 101 cm³/mol. The monoisotopic (exact) mass is 367 g/mol. The van der Waals surface area contributed by atoms with Gasteiger partial charge in [-0.3, -0.25) is 4.79 Å². The molecule has 0 saturated heterocycles. The third-order valence-electron chi connectivity index (χ3n) is 3.81. The molecule has 0 unspecified atom stereocenters. The first-order valence-corrected chi connectivity index (χ1v) is 8.47. The Balaban J connectivity index is 1.62. The van der Waals surface area contributed by atoms with Crippen molar-refractivity contribution in [1.82, 2.24) is 15.0 Å². The Kier molecular flexibility index (Phi) is 5.49. The van der Waals surface area contributed by atoms with Gasteiger partial charge in [-0.2, -0.15) is 4.98 Å². The maximum Gasteiger partial charge on any atom is 0.246 e. The molecule has 0 N–H and O–H groups in total. The zero-order valence-electron chi connectivity index (χ0n) is 14.5. The van der Waals surface area contributed by atoms with E-state index in [1.807, 2.05) is 43.3 Å². The van der Waals surface area contributed by atoms with Crippen LogP contribution in [0.25, 0.3) is 17.5 Å². The first-order valence-electron chi connectivity index (χ1n) is 8.09. The summed E-state index contributed by atoms with van der Waals surface area (Å²) in [6.45, 7) is 2.26. The Labute approximate surface area is 156 Å². The molecule has 2 aromatic carbocycles. The van der Waals surface area contributed by atoms with E-state index in [2.05, 4.69) is 10.1 Å². The summed E-state index contributed by atoms with van der Waals surface area (Å²) in [5.74, 6) is 0.694. The van der Waals surface area contributed by atoms with Crippen LogP contribution in [0.15, 0.2) is 59.1 Å². The van der Waals surface area contributed by atoms with Crippen LogP contribution in [0.4, 0.5) is 0 Å². The molecule has 0 spiro atoms. The van der Waals surface area contributed by atoms with E-state index in [1.54, 1.807) is 25.3 Å². The second-order valence-electron chi connectivity index (χ2n) is 5.96. The van der Waals surface area contributed by atoms with E-state index in [0.717, 1.165) is 11.1 Å². The summed E-state index contributed by atoms with van der Waals surface area (Å²) in [6, 6.07) is 15.1. The second-order valence-corrected chi connectivity index (χ2v) is 6.39. The second kappa shape index (κ2) is 7.97. The van der Waals surface area contributed by atoms with Gasteiger partial charge in [-0.15, -0.1) is 0 Å². The van der Waals surface area contributed by atoms with Gasteiger partial charge < -0.3 is 9.42 Å². The Hall–Kier alpha value is -2.92. The Morgan fingerprint density at radius 1 is 1.15 bits per heavy atom. The number of benzene rings is 2. The number of nitrogens with zero attached hydrogens (tertiary/aromatic N) is 3. The van der Waals surface area contributed by atoms with Gasteiger partial charge in [-0.05, 0) is 42.8 Å². The van der Waals surface area contributed by atoms with Gasteiger partial charge in [-0.25, -0.2) is 0 Å². The predicted octanol–water partition coefficient (Wildman–Crippen LogP) is 4.37. The molecular formula is C20H18ClN3O2. The van der Waals surface area contributed by atoms with E-state index in [-0.39, 0.29) is 12.5 Å². The van der Waals surface area contributed by atoms with Crippen LogP contribution in [-0.4, -0.2) is 28.0 Å². The lowest BCUT2D eigenvalue weighted by Gasteiger charge is -2.11. The fraction of sp³-hybridized carbons (Fsp3) is 0.150. The Bertz CT molecular complexity index is 915. The van der Waals surface area contributed by atoms with Crippen molar-refractivity contribution in [2.45, 2.75) is 13.5 Å². The van der Waals surface area contributed by atoms with Crippen molar-refractivity contribution in [1.29, 1.82) is 0 Å². The number of hydrogen-bond acceptors (Lipinski definition) is 4. The van der Waals surface area contributed by atoms with Crippen LogP contribution in [0.5, 0.6) is 0 Å². The molecular weight excluding hydrogens is 350 g/mol. The van der Waals surface area contributed by atoms with Gasteiger partial charge in [0.25, 0.3) is 0 Å². The number of likely N-dealkylation sites (N-methyl/N-ethyl adjacent to an activating group) is 1. The smallest absolute Gasteiger partial charge is 0.246 e. The van der Waals surface area contributed by atoms with Gasteiger partial charge in [0.1, 0.15) is 0 Å². The minimum Gasteiger partial charge on any atom is -0.337 e. The van der Waals surface area contributed by atoms with Gasteiger partial charge in [-0.1, -0.05) is 46.6 Å². The molecule has 3 rings (SSSR count). The lowest BCUT2D eigenvalue weighted by molar-refractivity contribution is -0.125. The highest BCUT2D eigenvalue weighted by molar-refractivity contribution is 6.30. The van der Waals surface area contributed by atoms with Crippen LogP contribution in [0.1, 0.15) is 17.0 Å². The molecule has 132 valence electrons. The molecule has 26 heavy (non-hydrogen) atoms. The normalized spacial score (nSPS) is 11.0. The van der Waals surface area contributed by atoms with E-state index in [9.17, 15) is 4.79 Å². The maximum absolute atomic E-state index is 12.2. The summed E-state index contributed by atoms with van der Waals surface area (Å²) < 4.78 is 5.23. The van der Waals surface area contributed by atoms with Crippen molar-refractivity contribution in [3.8, 4) is 11.4 Å². The number of carbonyl (C=O) groups is 1. The third kappa shape index (κ3) is 4.58. The summed E-state index contributed by atoms with van der Waals surface area (Å²) in [5.41, 5.74) is 2.95. The molecule has 0 atom stereocenters. The van der Waals surface area contributed by atoms with Crippen LogP contribution < -0.4 is 0 Å². The number of rotatable bonds is 5. The highest BCUT2D eigenvalue weighted by Gasteiger charge is 2.13. The lowest BCUT2D eigenvalue weighted by Crippen LogP contribution is -2.24. The fourth-order valence-electron chi connectivity index (χ4n) is 2.29. The molecule has 3 aromatic rings. The van der Waals surface area contributed by atoms with E-state index in [1.165, 1.54) is 16.5 Å². The Morgan fingerprint density at radius 3 is 2.54 bits per heavy atom. The van der Waals surface area contributed by atoms with Gasteiger partial charge >= 0.3 is 0 Å². The molecule has 0 radical (unpaired) electrons. The molecule has 5 nitrogen and oxygen atoms in total. The molecule has 0 aliphatic carbocycles. The first kappa shape index (κ1) is 17.9. The molecule has 0 fully saturated rings. The van der Waals surface area contributed by atoms with Crippen molar-refractivity contribution >= 4 is 23.6 Å². The zero-order chi connectivity index (χ0) is 18.5. The van der Waals surface area contributed by atoms with Gasteiger partial charge in [0.05, 0.1) is 6.54 Å². The molecule has 0 aliphatic rings. The molecule has 0 aliphatic heterocycles. The van der Waals surface area contributed by atoms with Crippen molar-refractivity contribution < 1.29 is 9.32 Å². The van der Waals surface area contributed by atoms with E-state index in [0.29, 0.717) is 16.7 Å². The number of amides is 1. The highest BCUT2D eigenvalue weighted by atomic mass is 35.5. The van der Waals surface area contributed by atoms with Gasteiger partial charge in [0.2, 0.25) is 17.6 Å². The fourth-order valence-corrected chi connectivity index (χ4v) is 2.41. The summed E-state index contributed by atoms with van der Waals surface area (Å²) in [7, 11) is 1.69. The number of aryl methyl sites for hydroxylation is 1. The maximum atomic E-state index is 12.2. The molecule has 1 amide bonds. The van der Waals surface area contributed by atoms with Crippen LogP contribution >= 0.6 is 11.6 Å². The number of halogens is 1. The SMILES string of the molecule is Cc1ccc(/C=C/C(=O)N(C)Cc2nc(-c3ccc(Cl)cc3)no2)cc1. The van der Waals surface area contributed by atoms with E-state index < -0.39 is 0 Å². The Morgan fingerprint density at radius 2 is 1.85 bits per heavy atom. The number of carbonyl (C=O) groups excluding carboxylic acids is 1. The van der Waals surface area contributed by atoms with E-state index >= 15 is 0 Å². The van der Waals surface area contributed by atoms with Crippen molar-refractivity contribution in [3.05, 3.63) is 76.6 Å². The van der Waals surface area contributed by atoms with Crippen LogP contribution in [-0.2, 0) is 11.3 Å². The highest BCUT2D eigenvalue weighted by Crippen LogP contribution is 2.19. The van der Waals surface area contributed by atoms with Crippen LogP contribution in [0.3, 0.4) is 0 Å². The summed E-state index contributed by atoms with van der Waals surface area (Å²) >= 11 is 5.87.